The lowest BCUT2D eigenvalue weighted by Crippen LogP contribution is -2.18. The Hall–Kier alpha value is -0.790. The van der Waals surface area contributed by atoms with E-state index in [0.717, 1.165) is 27.2 Å². The molecular weight excluding hydrogens is 312 g/mol. The molecule has 2 heterocycles. The predicted molar refractivity (Wildman–Crippen MR) is 70.2 cm³/mol. The Morgan fingerprint density at radius 3 is 3.06 bits per heavy atom. The molecule has 1 aromatic heterocycles. The molecule has 0 amide bonds. The largest absolute Gasteiger partial charge is 0.464 e. The summed E-state index contributed by atoms with van der Waals surface area (Å²) >= 11 is 6.08. The fourth-order valence-corrected chi connectivity index (χ4v) is 3.09. The lowest BCUT2D eigenvalue weighted by Gasteiger charge is -2.11. The van der Waals surface area contributed by atoms with Gasteiger partial charge in [-0.3, -0.25) is 0 Å². The highest BCUT2D eigenvalue weighted by molar-refractivity contribution is 9.10. The van der Waals surface area contributed by atoms with Crippen LogP contribution in [0.5, 0.6) is 0 Å². The average molecular weight is 319 g/mol. The molecule has 1 N–H and O–H groups in total. The second kappa shape index (κ2) is 5.03. The Morgan fingerprint density at radius 1 is 1.62 bits per heavy atom. The van der Waals surface area contributed by atoms with Crippen LogP contribution < -0.4 is 4.72 Å². The van der Waals surface area contributed by atoms with Crippen LogP contribution in [0.1, 0.15) is 4.88 Å². The Morgan fingerprint density at radius 2 is 2.44 bits per heavy atom. The summed E-state index contributed by atoms with van der Waals surface area (Å²) in [5.41, 5.74) is 1.17. The summed E-state index contributed by atoms with van der Waals surface area (Å²) in [4.78, 5) is 12.3. The molecule has 0 unspecified atom stereocenters. The van der Waals surface area contributed by atoms with Gasteiger partial charge >= 0.3 is 5.97 Å². The van der Waals surface area contributed by atoms with E-state index in [9.17, 15) is 4.79 Å². The maximum Gasteiger partial charge on any atom is 0.357 e. The van der Waals surface area contributed by atoms with Crippen LogP contribution in [0.15, 0.2) is 26.4 Å². The van der Waals surface area contributed by atoms with Crippen molar-refractivity contribution in [2.75, 3.05) is 7.11 Å². The summed E-state index contributed by atoms with van der Waals surface area (Å²) in [5, 5.41) is 1.98. The van der Waals surface area contributed by atoms with Crippen molar-refractivity contribution in [1.29, 1.82) is 0 Å². The van der Waals surface area contributed by atoms with Crippen LogP contribution >= 0.6 is 39.4 Å². The van der Waals surface area contributed by atoms with Crippen LogP contribution in [0.25, 0.3) is 5.70 Å². The van der Waals surface area contributed by atoms with Crippen molar-refractivity contribution in [1.82, 2.24) is 4.72 Å². The maximum absolute atomic E-state index is 11.3. The number of ether oxygens (including phenoxy) is 1. The molecule has 1 aliphatic rings. The molecular formula is C9H7BrN2O2S2. The zero-order valence-electron chi connectivity index (χ0n) is 8.19. The van der Waals surface area contributed by atoms with Crippen molar-refractivity contribution in [3.63, 3.8) is 0 Å². The van der Waals surface area contributed by atoms with Gasteiger partial charge in [-0.25, -0.2) is 4.79 Å². The Balaban J connectivity index is 2.27. The van der Waals surface area contributed by atoms with E-state index in [2.05, 4.69) is 29.8 Å². The van der Waals surface area contributed by atoms with E-state index in [1.807, 2.05) is 11.4 Å². The van der Waals surface area contributed by atoms with Crippen molar-refractivity contribution < 1.29 is 9.53 Å². The number of rotatable bonds is 2. The van der Waals surface area contributed by atoms with Crippen LogP contribution in [0, 0.1) is 0 Å². The fraction of sp³-hybridized carbons (Fsp3) is 0.111. The van der Waals surface area contributed by atoms with Crippen molar-refractivity contribution in [3.05, 3.63) is 26.9 Å². The zero-order valence-corrected chi connectivity index (χ0v) is 11.4. The van der Waals surface area contributed by atoms with Gasteiger partial charge in [-0.05, 0) is 28.1 Å². The molecule has 0 radical (unpaired) electrons. The molecule has 1 aromatic rings. The van der Waals surface area contributed by atoms with Crippen LogP contribution in [0.4, 0.5) is 0 Å². The van der Waals surface area contributed by atoms with Gasteiger partial charge in [0.25, 0.3) is 0 Å². The second-order valence-electron chi connectivity index (χ2n) is 2.85. The van der Waals surface area contributed by atoms with Gasteiger partial charge in [0.2, 0.25) is 0 Å². The number of carbonyl (C=O) groups is 1. The SMILES string of the molecule is COC(=O)C1=NSNC(c2cc(Br)cs2)=C1. The third-order valence-corrected chi connectivity index (χ3v) is 4.13. The topological polar surface area (TPSA) is 50.7 Å². The summed E-state index contributed by atoms with van der Waals surface area (Å²) < 4.78 is 12.6. The maximum atomic E-state index is 11.3. The van der Waals surface area contributed by atoms with Gasteiger partial charge in [-0.2, -0.15) is 4.40 Å². The number of methoxy groups -OCH3 is 1. The number of hydrogen-bond donors (Lipinski definition) is 1. The third-order valence-electron chi connectivity index (χ3n) is 1.81. The predicted octanol–water partition coefficient (Wildman–Crippen LogP) is 2.63. The zero-order chi connectivity index (χ0) is 11.5. The van der Waals surface area contributed by atoms with E-state index in [4.69, 9.17) is 0 Å². The van der Waals surface area contributed by atoms with E-state index in [0.29, 0.717) is 5.71 Å². The van der Waals surface area contributed by atoms with E-state index in [1.54, 1.807) is 17.4 Å². The van der Waals surface area contributed by atoms with Crippen molar-refractivity contribution in [2.24, 2.45) is 4.40 Å². The smallest absolute Gasteiger partial charge is 0.357 e. The van der Waals surface area contributed by atoms with Crippen LogP contribution in [0.2, 0.25) is 0 Å². The minimum atomic E-state index is -0.429. The van der Waals surface area contributed by atoms with Gasteiger partial charge in [0.1, 0.15) is 0 Å². The molecule has 2 rings (SSSR count). The van der Waals surface area contributed by atoms with Crippen LogP contribution in [-0.4, -0.2) is 18.8 Å². The molecule has 0 saturated heterocycles. The minimum Gasteiger partial charge on any atom is -0.464 e. The van der Waals surface area contributed by atoms with Crippen molar-refractivity contribution >= 4 is 56.8 Å². The quantitative estimate of drug-likeness (QED) is 0.672. The summed E-state index contributed by atoms with van der Waals surface area (Å²) in [6.45, 7) is 0. The molecule has 1 aliphatic heterocycles. The first-order valence-electron chi connectivity index (χ1n) is 4.25. The Bertz CT molecular complexity index is 482. The molecule has 7 heteroatoms. The Kier molecular flexibility index (Phi) is 3.67. The number of carbonyl (C=O) groups excluding carboxylic acids is 1. The van der Waals surface area contributed by atoms with Crippen LogP contribution in [0.3, 0.4) is 0 Å². The van der Waals surface area contributed by atoms with Crippen molar-refractivity contribution in [2.45, 2.75) is 0 Å². The van der Waals surface area contributed by atoms with Crippen molar-refractivity contribution in [3.8, 4) is 0 Å². The lowest BCUT2D eigenvalue weighted by atomic mass is 10.2. The average Bonchev–Trinajstić information content (AvgIpc) is 2.75. The molecule has 0 atom stereocenters. The third kappa shape index (κ3) is 2.47. The molecule has 16 heavy (non-hydrogen) atoms. The van der Waals surface area contributed by atoms with E-state index >= 15 is 0 Å². The highest BCUT2D eigenvalue weighted by Crippen LogP contribution is 2.28. The first-order chi connectivity index (χ1) is 7.70. The number of nitrogens with zero attached hydrogens (tertiary/aromatic N) is 1. The van der Waals surface area contributed by atoms with Gasteiger partial charge < -0.3 is 9.46 Å². The second-order valence-corrected chi connectivity index (χ2v) is 5.24. The number of hydrogen-bond acceptors (Lipinski definition) is 6. The highest BCUT2D eigenvalue weighted by Gasteiger charge is 2.16. The monoisotopic (exact) mass is 318 g/mol. The summed E-state index contributed by atoms with van der Waals surface area (Å²) in [5.74, 6) is -0.429. The highest BCUT2D eigenvalue weighted by atomic mass is 79.9. The molecule has 0 aromatic carbocycles. The van der Waals surface area contributed by atoms with E-state index in [1.165, 1.54) is 7.11 Å². The van der Waals surface area contributed by atoms with Gasteiger partial charge in [0.05, 0.1) is 29.8 Å². The van der Waals surface area contributed by atoms with Gasteiger partial charge in [0.15, 0.2) is 5.71 Å². The molecule has 0 saturated carbocycles. The Labute approximate surface area is 109 Å². The molecule has 0 bridgehead atoms. The number of nitrogens with one attached hydrogen (secondary N) is 1. The molecule has 0 aliphatic carbocycles. The van der Waals surface area contributed by atoms with E-state index in [-0.39, 0.29) is 0 Å². The fourth-order valence-electron chi connectivity index (χ4n) is 1.09. The lowest BCUT2D eigenvalue weighted by molar-refractivity contribution is -0.132. The number of esters is 1. The summed E-state index contributed by atoms with van der Waals surface area (Å²) in [6, 6.07) is 1.98. The molecule has 0 fully saturated rings. The normalized spacial score (nSPS) is 14.9. The van der Waals surface area contributed by atoms with E-state index < -0.39 is 5.97 Å². The summed E-state index contributed by atoms with van der Waals surface area (Å²) in [6.07, 6.45) is 1.68. The number of halogens is 1. The first-order valence-corrected chi connectivity index (χ1v) is 6.70. The molecule has 0 spiro atoms. The van der Waals surface area contributed by atoms with Gasteiger partial charge in [0, 0.05) is 9.85 Å². The van der Waals surface area contributed by atoms with Gasteiger partial charge in [-0.15, -0.1) is 11.3 Å². The van der Waals surface area contributed by atoms with Gasteiger partial charge in [-0.1, -0.05) is 0 Å². The first kappa shape index (κ1) is 11.7. The van der Waals surface area contributed by atoms with Crippen LogP contribution in [-0.2, 0) is 9.53 Å². The molecule has 84 valence electrons. The molecule has 4 nitrogen and oxygen atoms in total. The standard InChI is InChI=1S/C9H7BrN2O2S2/c1-14-9(13)7-3-6(11-16-12-7)8-2-5(10)4-15-8/h2-4,11H,1H3. The number of thiophene rings is 1. The minimum absolute atomic E-state index is 0.311. The summed E-state index contributed by atoms with van der Waals surface area (Å²) in [7, 11) is 1.34.